The predicted octanol–water partition coefficient (Wildman–Crippen LogP) is 5.38. The number of methoxy groups -OCH3 is 1. The number of benzene rings is 3. The first-order chi connectivity index (χ1) is 17.1. The van der Waals surface area contributed by atoms with E-state index in [2.05, 4.69) is 17.0 Å². The molecule has 184 valence electrons. The lowest BCUT2D eigenvalue weighted by Gasteiger charge is -2.36. The van der Waals surface area contributed by atoms with Gasteiger partial charge in [-0.25, -0.2) is 0 Å². The van der Waals surface area contributed by atoms with Crippen molar-refractivity contribution >= 4 is 17.5 Å². The Morgan fingerprint density at radius 2 is 1.63 bits per heavy atom. The molecule has 1 heterocycles. The predicted molar refractivity (Wildman–Crippen MR) is 140 cm³/mol. The number of carbonyl (C=O) groups is 1. The number of halogens is 1. The fourth-order valence-electron chi connectivity index (χ4n) is 4.36. The van der Waals surface area contributed by atoms with Gasteiger partial charge < -0.3 is 14.4 Å². The smallest absolute Gasteiger partial charge is 0.222 e. The zero-order valence-electron chi connectivity index (χ0n) is 20.2. The molecule has 4 rings (SSSR count). The first-order valence-corrected chi connectivity index (χ1v) is 12.5. The zero-order valence-corrected chi connectivity index (χ0v) is 21.0. The van der Waals surface area contributed by atoms with Crippen LogP contribution in [0.2, 0.25) is 5.02 Å². The summed E-state index contributed by atoms with van der Waals surface area (Å²) in [7, 11) is 1.67. The Morgan fingerprint density at radius 3 is 2.34 bits per heavy atom. The minimum absolute atomic E-state index is 0.0983. The number of rotatable bonds is 10. The lowest BCUT2D eigenvalue weighted by molar-refractivity contribution is -0.133. The van der Waals surface area contributed by atoms with Crippen molar-refractivity contribution in [2.45, 2.75) is 25.6 Å². The molecular formula is C29H33ClN2O3. The first-order valence-electron chi connectivity index (χ1n) is 12.1. The Labute approximate surface area is 213 Å². The van der Waals surface area contributed by atoms with E-state index in [0.29, 0.717) is 18.1 Å². The molecule has 0 spiro atoms. The second-order valence-corrected chi connectivity index (χ2v) is 9.31. The van der Waals surface area contributed by atoms with Crippen molar-refractivity contribution in [2.75, 3.05) is 39.8 Å². The molecule has 1 unspecified atom stereocenters. The highest BCUT2D eigenvalue weighted by Gasteiger charge is 2.24. The van der Waals surface area contributed by atoms with E-state index >= 15 is 0 Å². The van der Waals surface area contributed by atoms with Gasteiger partial charge in [-0.3, -0.25) is 9.69 Å². The zero-order chi connectivity index (χ0) is 24.5. The second kappa shape index (κ2) is 12.7. The van der Waals surface area contributed by atoms with E-state index in [4.69, 9.17) is 21.1 Å². The van der Waals surface area contributed by atoms with Gasteiger partial charge in [0.15, 0.2) is 0 Å². The van der Waals surface area contributed by atoms with Gasteiger partial charge in [-0.05, 0) is 47.4 Å². The van der Waals surface area contributed by atoms with Crippen LogP contribution in [0.4, 0.5) is 0 Å². The van der Waals surface area contributed by atoms with Gasteiger partial charge in [0.1, 0.15) is 5.75 Å². The van der Waals surface area contributed by atoms with Gasteiger partial charge in [-0.1, -0.05) is 66.2 Å². The maximum atomic E-state index is 12.7. The molecule has 1 aliphatic rings. The van der Waals surface area contributed by atoms with Gasteiger partial charge in [-0.15, -0.1) is 0 Å². The molecule has 3 aromatic carbocycles. The molecule has 1 saturated heterocycles. The highest BCUT2D eigenvalue weighted by atomic mass is 35.5. The van der Waals surface area contributed by atoms with Crippen LogP contribution >= 0.6 is 11.6 Å². The number of nitrogens with zero attached hydrogens (tertiary/aromatic N) is 2. The quantitative estimate of drug-likeness (QED) is 0.381. The average Bonchev–Trinajstić information content (AvgIpc) is 2.91. The van der Waals surface area contributed by atoms with Crippen molar-refractivity contribution in [1.82, 2.24) is 9.80 Å². The van der Waals surface area contributed by atoms with E-state index in [1.54, 1.807) is 7.11 Å². The number of hydrogen-bond donors (Lipinski definition) is 0. The number of amides is 1. The third kappa shape index (κ3) is 7.56. The van der Waals surface area contributed by atoms with Crippen LogP contribution in [0.5, 0.6) is 5.75 Å². The number of ether oxygens (including phenoxy) is 2. The van der Waals surface area contributed by atoms with E-state index in [1.807, 2.05) is 71.6 Å². The van der Waals surface area contributed by atoms with Gasteiger partial charge in [0, 0.05) is 44.2 Å². The Morgan fingerprint density at radius 1 is 0.914 bits per heavy atom. The molecule has 1 fully saturated rings. The van der Waals surface area contributed by atoms with E-state index in [9.17, 15) is 4.79 Å². The molecule has 1 atom stereocenters. The molecular weight excluding hydrogens is 460 g/mol. The summed E-state index contributed by atoms with van der Waals surface area (Å²) in [6, 6.07) is 26.0. The Kier molecular flexibility index (Phi) is 9.18. The number of aryl methyl sites for hydroxylation is 1. The summed E-state index contributed by atoms with van der Waals surface area (Å²) < 4.78 is 11.7. The van der Waals surface area contributed by atoms with Gasteiger partial charge in [0.05, 0.1) is 19.8 Å². The maximum Gasteiger partial charge on any atom is 0.222 e. The molecule has 0 aliphatic carbocycles. The van der Waals surface area contributed by atoms with Crippen molar-refractivity contribution < 1.29 is 14.3 Å². The second-order valence-electron chi connectivity index (χ2n) is 8.87. The monoisotopic (exact) mass is 492 g/mol. The standard InChI is InChI=1S/C29H33ClN2O3/c1-34-27-9-5-8-24(20-27)22-35-28(25-11-13-26(30)14-12-25)21-31-16-18-32(19-17-31)29(33)15-10-23-6-3-2-4-7-23/h2-9,11-14,20,28H,10,15-19,21-22H2,1H3. The molecule has 1 aliphatic heterocycles. The van der Waals surface area contributed by atoms with Crippen LogP contribution < -0.4 is 4.74 Å². The topological polar surface area (TPSA) is 42.0 Å². The van der Waals surface area contributed by atoms with Crippen LogP contribution in [0.3, 0.4) is 0 Å². The SMILES string of the molecule is COc1cccc(COC(CN2CCN(C(=O)CCc3ccccc3)CC2)c2ccc(Cl)cc2)c1. The van der Waals surface area contributed by atoms with Gasteiger partial charge in [0.2, 0.25) is 5.91 Å². The fraction of sp³-hybridized carbons (Fsp3) is 0.345. The van der Waals surface area contributed by atoms with Crippen molar-refractivity contribution in [3.05, 3.63) is 101 Å². The van der Waals surface area contributed by atoms with Crippen LogP contribution in [0.15, 0.2) is 78.9 Å². The molecule has 1 amide bonds. The number of carbonyl (C=O) groups excluding carboxylic acids is 1. The maximum absolute atomic E-state index is 12.7. The third-order valence-corrected chi connectivity index (χ3v) is 6.70. The molecule has 0 bridgehead atoms. The van der Waals surface area contributed by atoms with Gasteiger partial charge >= 0.3 is 0 Å². The summed E-state index contributed by atoms with van der Waals surface area (Å²) >= 11 is 6.12. The van der Waals surface area contributed by atoms with Crippen molar-refractivity contribution in [3.8, 4) is 5.75 Å². The first kappa shape index (κ1) is 25.2. The van der Waals surface area contributed by atoms with Crippen molar-refractivity contribution in [3.63, 3.8) is 0 Å². The summed E-state index contributed by atoms with van der Waals surface area (Å²) in [6.07, 6.45) is 1.25. The van der Waals surface area contributed by atoms with Gasteiger partial charge in [0.25, 0.3) is 0 Å². The molecule has 0 saturated carbocycles. The lowest BCUT2D eigenvalue weighted by atomic mass is 10.1. The van der Waals surface area contributed by atoms with E-state index in [1.165, 1.54) is 5.56 Å². The van der Waals surface area contributed by atoms with Crippen LogP contribution in [-0.2, 0) is 22.6 Å². The summed E-state index contributed by atoms with van der Waals surface area (Å²) in [5.74, 6) is 1.05. The van der Waals surface area contributed by atoms with Crippen molar-refractivity contribution in [1.29, 1.82) is 0 Å². The normalized spacial score (nSPS) is 15.1. The molecule has 6 heteroatoms. The van der Waals surface area contributed by atoms with Crippen molar-refractivity contribution in [2.24, 2.45) is 0 Å². The Balaban J connectivity index is 1.32. The molecule has 0 aromatic heterocycles. The fourth-order valence-corrected chi connectivity index (χ4v) is 4.49. The highest BCUT2D eigenvalue weighted by molar-refractivity contribution is 6.30. The molecule has 35 heavy (non-hydrogen) atoms. The molecule has 0 N–H and O–H groups in total. The van der Waals surface area contributed by atoms with Crippen LogP contribution in [-0.4, -0.2) is 55.5 Å². The largest absolute Gasteiger partial charge is 0.497 e. The van der Waals surface area contributed by atoms with Crippen LogP contribution in [0.1, 0.15) is 29.2 Å². The van der Waals surface area contributed by atoms with Crippen LogP contribution in [0.25, 0.3) is 0 Å². The minimum Gasteiger partial charge on any atom is -0.497 e. The summed E-state index contributed by atoms with van der Waals surface area (Å²) in [6.45, 7) is 4.42. The molecule has 3 aromatic rings. The summed E-state index contributed by atoms with van der Waals surface area (Å²) in [5.41, 5.74) is 3.37. The van der Waals surface area contributed by atoms with E-state index in [-0.39, 0.29) is 12.0 Å². The van der Waals surface area contributed by atoms with Crippen LogP contribution in [0, 0.1) is 0 Å². The summed E-state index contributed by atoms with van der Waals surface area (Å²) in [4.78, 5) is 17.1. The van der Waals surface area contributed by atoms with E-state index < -0.39 is 0 Å². The Hall–Kier alpha value is -2.86. The van der Waals surface area contributed by atoms with Gasteiger partial charge in [-0.2, -0.15) is 0 Å². The lowest BCUT2D eigenvalue weighted by Crippen LogP contribution is -2.49. The number of piperazine rings is 1. The third-order valence-electron chi connectivity index (χ3n) is 6.45. The van der Waals surface area contributed by atoms with E-state index in [0.717, 1.165) is 56.0 Å². The average molecular weight is 493 g/mol. The summed E-state index contributed by atoms with van der Waals surface area (Å²) in [5, 5.41) is 0.711. The number of hydrogen-bond acceptors (Lipinski definition) is 4. The Bertz CT molecular complexity index is 1070. The molecule has 0 radical (unpaired) electrons. The molecule has 5 nitrogen and oxygen atoms in total. The minimum atomic E-state index is -0.0983. The highest BCUT2D eigenvalue weighted by Crippen LogP contribution is 2.24.